The highest BCUT2D eigenvalue weighted by Gasteiger charge is 2.18. The highest BCUT2D eigenvalue weighted by Crippen LogP contribution is 2.39. The summed E-state index contributed by atoms with van der Waals surface area (Å²) >= 11 is 6.13. The molecule has 0 amide bonds. The molecule has 104 valence electrons. The van der Waals surface area contributed by atoms with Gasteiger partial charge >= 0.3 is 0 Å². The van der Waals surface area contributed by atoms with Gasteiger partial charge in [0.1, 0.15) is 12.4 Å². The predicted molar refractivity (Wildman–Crippen MR) is 77.9 cm³/mol. The van der Waals surface area contributed by atoms with Crippen LogP contribution in [0.2, 0.25) is 5.02 Å². The number of hydrogen-bond donors (Lipinski definition) is 1. The number of anilines is 1. The van der Waals surface area contributed by atoms with Crippen LogP contribution >= 0.6 is 11.6 Å². The van der Waals surface area contributed by atoms with Crippen molar-refractivity contribution in [1.29, 1.82) is 0 Å². The van der Waals surface area contributed by atoms with Gasteiger partial charge in [-0.15, -0.1) is 0 Å². The molecule has 4 nitrogen and oxygen atoms in total. The predicted octanol–water partition coefficient (Wildman–Crippen LogP) is 3.69. The number of rotatable bonds is 4. The van der Waals surface area contributed by atoms with Crippen molar-refractivity contribution in [1.82, 2.24) is 0 Å². The van der Waals surface area contributed by atoms with Crippen LogP contribution in [0.1, 0.15) is 5.56 Å². The topological polar surface area (TPSA) is 39.7 Å². The van der Waals surface area contributed by atoms with E-state index in [-0.39, 0.29) is 6.79 Å². The summed E-state index contributed by atoms with van der Waals surface area (Å²) in [6.07, 6.45) is 0. The number of ether oxygens (including phenoxy) is 3. The van der Waals surface area contributed by atoms with Crippen molar-refractivity contribution < 1.29 is 14.2 Å². The van der Waals surface area contributed by atoms with Crippen molar-refractivity contribution in [2.75, 3.05) is 19.2 Å². The minimum Gasteiger partial charge on any atom is -0.489 e. The van der Waals surface area contributed by atoms with E-state index in [0.29, 0.717) is 23.1 Å². The average Bonchev–Trinajstić information content (AvgIpc) is 2.94. The van der Waals surface area contributed by atoms with Crippen LogP contribution in [0.3, 0.4) is 0 Å². The molecule has 0 aromatic heterocycles. The van der Waals surface area contributed by atoms with Crippen LogP contribution in [0.25, 0.3) is 0 Å². The summed E-state index contributed by atoms with van der Waals surface area (Å²) in [6, 6.07) is 11.5. The molecule has 2 aromatic carbocycles. The number of benzene rings is 2. The van der Waals surface area contributed by atoms with Gasteiger partial charge in [0.05, 0.1) is 5.02 Å². The molecule has 0 fully saturated rings. The van der Waals surface area contributed by atoms with Gasteiger partial charge in [-0.3, -0.25) is 0 Å². The molecule has 0 saturated carbocycles. The van der Waals surface area contributed by atoms with Crippen molar-refractivity contribution in [3.05, 3.63) is 47.0 Å². The van der Waals surface area contributed by atoms with E-state index in [0.717, 1.165) is 17.0 Å². The highest BCUT2D eigenvalue weighted by molar-refractivity contribution is 6.32. The fourth-order valence-electron chi connectivity index (χ4n) is 1.99. The van der Waals surface area contributed by atoms with Gasteiger partial charge in [0, 0.05) is 12.7 Å². The van der Waals surface area contributed by atoms with Gasteiger partial charge in [0.25, 0.3) is 0 Å². The molecule has 0 spiro atoms. The van der Waals surface area contributed by atoms with Gasteiger partial charge in [0.15, 0.2) is 11.5 Å². The maximum absolute atomic E-state index is 6.13. The molecule has 1 aliphatic heterocycles. The second-order valence-corrected chi connectivity index (χ2v) is 4.78. The van der Waals surface area contributed by atoms with Crippen molar-refractivity contribution in [3.63, 3.8) is 0 Å². The summed E-state index contributed by atoms with van der Waals surface area (Å²) in [4.78, 5) is 0. The first kappa shape index (κ1) is 12.9. The molecule has 0 bridgehead atoms. The molecule has 20 heavy (non-hydrogen) atoms. The van der Waals surface area contributed by atoms with E-state index in [2.05, 4.69) is 5.32 Å². The summed E-state index contributed by atoms with van der Waals surface area (Å²) in [6.45, 7) is 0.639. The largest absolute Gasteiger partial charge is 0.489 e. The van der Waals surface area contributed by atoms with Crippen LogP contribution in [0, 0.1) is 0 Å². The molecule has 0 aliphatic carbocycles. The van der Waals surface area contributed by atoms with Crippen LogP contribution in [0.5, 0.6) is 17.2 Å². The molecule has 0 radical (unpaired) electrons. The zero-order chi connectivity index (χ0) is 13.9. The molecular formula is C15H14ClNO3. The third kappa shape index (κ3) is 2.60. The van der Waals surface area contributed by atoms with Gasteiger partial charge in [-0.25, -0.2) is 0 Å². The summed E-state index contributed by atoms with van der Waals surface area (Å²) < 4.78 is 16.3. The normalized spacial score (nSPS) is 12.3. The molecule has 0 saturated heterocycles. The van der Waals surface area contributed by atoms with Gasteiger partial charge in [-0.2, -0.15) is 0 Å². The van der Waals surface area contributed by atoms with E-state index in [1.807, 2.05) is 43.4 Å². The summed E-state index contributed by atoms with van der Waals surface area (Å²) in [5.74, 6) is 2.08. The van der Waals surface area contributed by atoms with E-state index < -0.39 is 0 Å². The Labute approximate surface area is 122 Å². The minimum atomic E-state index is 0.213. The molecule has 0 atom stereocenters. The standard InChI is InChI=1S/C15H14ClNO3/c1-17-11-2-4-12(5-3-11)18-8-10-6-13(16)15-14(7-10)19-9-20-15/h2-7,17H,8-9H2,1H3. The zero-order valence-electron chi connectivity index (χ0n) is 11.0. The molecule has 1 N–H and O–H groups in total. The first-order chi connectivity index (χ1) is 9.76. The van der Waals surface area contributed by atoms with Crippen LogP contribution in [0.15, 0.2) is 36.4 Å². The lowest BCUT2D eigenvalue weighted by Gasteiger charge is -2.08. The zero-order valence-corrected chi connectivity index (χ0v) is 11.7. The Bertz CT molecular complexity index is 613. The number of halogens is 1. The third-order valence-corrected chi connectivity index (χ3v) is 3.32. The van der Waals surface area contributed by atoms with E-state index in [1.54, 1.807) is 0 Å². The fourth-order valence-corrected chi connectivity index (χ4v) is 2.28. The molecule has 0 unspecified atom stereocenters. The summed E-state index contributed by atoms with van der Waals surface area (Å²) in [5.41, 5.74) is 1.99. The van der Waals surface area contributed by atoms with E-state index in [1.165, 1.54) is 0 Å². The molecule has 1 heterocycles. The van der Waals surface area contributed by atoms with Gasteiger partial charge in [-0.05, 0) is 42.0 Å². The average molecular weight is 292 g/mol. The van der Waals surface area contributed by atoms with Crippen molar-refractivity contribution in [2.45, 2.75) is 6.61 Å². The van der Waals surface area contributed by atoms with Gasteiger partial charge < -0.3 is 19.5 Å². The lowest BCUT2D eigenvalue weighted by molar-refractivity contribution is 0.174. The van der Waals surface area contributed by atoms with Crippen LogP contribution in [-0.2, 0) is 6.61 Å². The van der Waals surface area contributed by atoms with Crippen LogP contribution < -0.4 is 19.5 Å². The maximum Gasteiger partial charge on any atom is 0.231 e. The first-order valence-corrected chi connectivity index (χ1v) is 6.62. The smallest absolute Gasteiger partial charge is 0.231 e. The van der Waals surface area contributed by atoms with Gasteiger partial charge in [0.2, 0.25) is 6.79 Å². The quantitative estimate of drug-likeness (QED) is 0.932. The molecular weight excluding hydrogens is 278 g/mol. The summed E-state index contributed by atoms with van der Waals surface area (Å²) in [5, 5.41) is 3.61. The summed E-state index contributed by atoms with van der Waals surface area (Å²) in [7, 11) is 1.88. The molecule has 3 rings (SSSR count). The maximum atomic E-state index is 6.13. The number of hydrogen-bond acceptors (Lipinski definition) is 4. The minimum absolute atomic E-state index is 0.213. The Hall–Kier alpha value is -2.07. The van der Waals surface area contributed by atoms with E-state index in [9.17, 15) is 0 Å². The first-order valence-electron chi connectivity index (χ1n) is 6.25. The van der Waals surface area contributed by atoms with Crippen LogP contribution in [-0.4, -0.2) is 13.8 Å². The number of fused-ring (bicyclic) bond motifs is 1. The van der Waals surface area contributed by atoms with Crippen LogP contribution in [0.4, 0.5) is 5.69 Å². The fraction of sp³-hybridized carbons (Fsp3) is 0.200. The molecule has 1 aliphatic rings. The second kappa shape index (κ2) is 5.51. The molecule has 2 aromatic rings. The van der Waals surface area contributed by atoms with Crippen molar-refractivity contribution >= 4 is 17.3 Å². The van der Waals surface area contributed by atoms with Crippen molar-refractivity contribution in [3.8, 4) is 17.2 Å². The Morgan fingerprint density at radius 1 is 1.20 bits per heavy atom. The Morgan fingerprint density at radius 3 is 2.75 bits per heavy atom. The van der Waals surface area contributed by atoms with Gasteiger partial charge in [-0.1, -0.05) is 11.6 Å². The Morgan fingerprint density at radius 2 is 2.00 bits per heavy atom. The van der Waals surface area contributed by atoms with E-state index in [4.69, 9.17) is 25.8 Å². The molecule has 5 heteroatoms. The van der Waals surface area contributed by atoms with Crippen molar-refractivity contribution in [2.24, 2.45) is 0 Å². The number of nitrogens with one attached hydrogen (secondary N) is 1. The lowest BCUT2D eigenvalue weighted by atomic mass is 10.2. The second-order valence-electron chi connectivity index (χ2n) is 4.37. The highest BCUT2D eigenvalue weighted by atomic mass is 35.5. The Balaban J connectivity index is 1.70. The lowest BCUT2D eigenvalue weighted by Crippen LogP contribution is -1.96. The third-order valence-electron chi connectivity index (χ3n) is 3.04. The Kier molecular flexibility index (Phi) is 3.56. The van der Waals surface area contributed by atoms with E-state index >= 15 is 0 Å². The SMILES string of the molecule is CNc1ccc(OCc2cc(Cl)c3c(c2)OCO3)cc1. The monoisotopic (exact) mass is 291 g/mol.